The largest absolute Gasteiger partial charge is 0.378 e. The molecular formula is C8H14O3. The minimum atomic E-state index is -0.295. The fourth-order valence-electron chi connectivity index (χ4n) is 1.38. The van der Waals surface area contributed by atoms with Gasteiger partial charge in [-0.1, -0.05) is 0 Å². The Bertz CT molecular complexity index is 127. The van der Waals surface area contributed by atoms with Gasteiger partial charge >= 0.3 is 0 Å². The van der Waals surface area contributed by atoms with E-state index in [2.05, 4.69) is 0 Å². The highest BCUT2D eigenvalue weighted by molar-refractivity contribution is 5.51. The van der Waals surface area contributed by atoms with Crippen LogP contribution >= 0.6 is 0 Å². The summed E-state index contributed by atoms with van der Waals surface area (Å²) in [5, 5.41) is 0. The van der Waals surface area contributed by atoms with Gasteiger partial charge in [0.1, 0.15) is 11.9 Å². The van der Waals surface area contributed by atoms with Crippen LogP contribution in [0.25, 0.3) is 0 Å². The van der Waals surface area contributed by atoms with Gasteiger partial charge in [-0.25, -0.2) is 0 Å². The first-order valence-electron chi connectivity index (χ1n) is 3.98. The van der Waals surface area contributed by atoms with Crippen molar-refractivity contribution in [3.8, 4) is 0 Å². The van der Waals surface area contributed by atoms with Crippen molar-refractivity contribution >= 4 is 6.29 Å². The Labute approximate surface area is 66.7 Å². The molecule has 1 atom stereocenters. The van der Waals surface area contributed by atoms with Crippen LogP contribution in [0.15, 0.2) is 0 Å². The van der Waals surface area contributed by atoms with E-state index < -0.39 is 0 Å². The van der Waals surface area contributed by atoms with Crippen molar-refractivity contribution in [2.75, 3.05) is 19.8 Å². The maximum atomic E-state index is 10.3. The maximum absolute atomic E-state index is 10.3. The van der Waals surface area contributed by atoms with Gasteiger partial charge in [0.25, 0.3) is 0 Å². The first-order chi connectivity index (χ1) is 5.33. The third kappa shape index (κ3) is 2.01. The molecule has 1 fully saturated rings. The van der Waals surface area contributed by atoms with Gasteiger partial charge in [0, 0.05) is 26.1 Å². The molecule has 0 spiro atoms. The van der Waals surface area contributed by atoms with Crippen molar-refractivity contribution < 1.29 is 14.3 Å². The number of hydrogen-bond donors (Lipinski definition) is 0. The lowest BCUT2D eigenvalue weighted by atomic mass is 10.00. The summed E-state index contributed by atoms with van der Waals surface area (Å²) in [4.78, 5) is 10.3. The standard InChI is InChI=1S/C8H14O3/c1-2-11-8(3-5-9)4-6-10-7-8/h5H,2-4,6-7H2,1H3. The van der Waals surface area contributed by atoms with Crippen LogP contribution in [-0.4, -0.2) is 31.7 Å². The number of ether oxygens (including phenoxy) is 2. The molecule has 64 valence electrons. The van der Waals surface area contributed by atoms with Gasteiger partial charge in [-0.2, -0.15) is 0 Å². The monoisotopic (exact) mass is 158 g/mol. The first-order valence-corrected chi connectivity index (χ1v) is 3.98. The van der Waals surface area contributed by atoms with Gasteiger partial charge < -0.3 is 14.3 Å². The lowest BCUT2D eigenvalue weighted by Gasteiger charge is -2.24. The molecule has 0 bridgehead atoms. The van der Waals surface area contributed by atoms with E-state index >= 15 is 0 Å². The Morgan fingerprint density at radius 1 is 1.73 bits per heavy atom. The van der Waals surface area contributed by atoms with Crippen LogP contribution in [-0.2, 0) is 14.3 Å². The molecule has 0 N–H and O–H groups in total. The highest BCUT2D eigenvalue weighted by Crippen LogP contribution is 2.25. The van der Waals surface area contributed by atoms with Crippen molar-refractivity contribution in [2.45, 2.75) is 25.4 Å². The zero-order valence-electron chi connectivity index (χ0n) is 6.84. The number of rotatable bonds is 4. The van der Waals surface area contributed by atoms with E-state index in [1.165, 1.54) is 0 Å². The SMILES string of the molecule is CCOC1(CC=O)CCOC1. The predicted octanol–water partition coefficient (Wildman–Crippen LogP) is 0.771. The van der Waals surface area contributed by atoms with Gasteiger partial charge in [-0.15, -0.1) is 0 Å². The molecule has 0 aromatic carbocycles. The zero-order valence-corrected chi connectivity index (χ0v) is 6.84. The Morgan fingerprint density at radius 2 is 2.55 bits per heavy atom. The summed E-state index contributed by atoms with van der Waals surface area (Å²) in [5.41, 5.74) is -0.295. The number of carbonyl (C=O) groups is 1. The predicted molar refractivity (Wildman–Crippen MR) is 40.5 cm³/mol. The second kappa shape index (κ2) is 3.83. The molecule has 3 heteroatoms. The van der Waals surface area contributed by atoms with Gasteiger partial charge in [0.15, 0.2) is 0 Å². The van der Waals surface area contributed by atoms with Crippen LogP contribution in [0.1, 0.15) is 19.8 Å². The average Bonchev–Trinajstić information content (AvgIpc) is 2.39. The number of carbonyl (C=O) groups excluding carboxylic acids is 1. The molecule has 0 radical (unpaired) electrons. The number of aldehydes is 1. The summed E-state index contributed by atoms with van der Waals surface area (Å²) >= 11 is 0. The molecule has 1 aliphatic heterocycles. The fraction of sp³-hybridized carbons (Fsp3) is 0.875. The van der Waals surface area contributed by atoms with Gasteiger partial charge in [-0.05, 0) is 6.92 Å². The zero-order chi connectivity index (χ0) is 8.16. The summed E-state index contributed by atoms with van der Waals surface area (Å²) in [5.74, 6) is 0. The van der Waals surface area contributed by atoms with Gasteiger partial charge in [0.05, 0.1) is 6.61 Å². The molecule has 0 aromatic rings. The third-order valence-electron chi connectivity index (χ3n) is 1.97. The van der Waals surface area contributed by atoms with E-state index in [1.807, 2.05) is 6.92 Å². The van der Waals surface area contributed by atoms with Crippen molar-refractivity contribution in [3.05, 3.63) is 0 Å². The molecule has 0 aromatic heterocycles. The Morgan fingerprint density at radius 3 is 3.00 bits per heavy atom. The summed E-state index contributed by atoms with van der Waals surface area (Å²) in [7, 11) is 0. The second-order valence-corrected chi connectivity index (χ2v) is 2.79. The van der Waals surface area contributed by atoms with Crippen LogP contribution < -0.4 is 0 Å². The summed E-state index contributed by atoms with van der Waals surface area (Å²) in [6.07, 6.45) is 2.21. The van der Waals surface area contributed by atoms with Crippen molar-refractivity contribution in [3.63, 3.8) is 0 Å². The van der Waals surface area contributed by atoms with Crippen LogP contribution in [0, 0.1) is 0 Å². The van der Waals surface area contributed by atoms with E-state index in [1.54, 1.807) is 0 Å². The molecule has 0 aliphatic carbocycles. The van der Waals surface area contributed by atoms with Gasteiger partial charge in [-0.3, -0.25) is 0 Å². The Hall–Kier alpha value is -0.410. The fourth-order valence-corrected chi connectivity index (χ4v) is 1.38. The molecule has 1 heterocycles. The average molecular weight is 158 g/mol. The van der Waals surface area contributed by atoms with Crippen LogP contribution in [0.3, 0.4) is 0 Å². The summed E-state index contributed by atoms with van der Waals surface area (Å²) in [6, 6.07) is 0. The molecule has 1 unspecified atom stereocenters. The minimum Gasteiger partial charge on any atom is -0.378 e. The molecule has 11 heavy (non-hydrogen) atoms. The van der Waals surface area contributed by atoms with Crippen molar-refractivity contribution in [1.29, 1.82) is 0 Å². The van der Waals surface area contributed by atoms with E-state index in [4.69, 9.17) is 9.47 Å². The highest BCUT2D eigenvalue weighted by atomic mass is 16.6. The maximum Gasteiger partial charge on any atom is 0.122 e. The highest BCUT2D eigenvalue weighted by Gasteiger charge is 2.34. The molecular weight excluding hydrogens is 144 g/mol. The van der Waals surface area contributed by atoms with E-state index in [0.717, 1.165) is 12.7 Å². The Balaban J connectivity index is 2.46. The quantitative estimate of drug-likeness (QED) is 0.567. The molecule has 0 saturated carbocycles. The lowest BCUT2D eigenvalue weighted by molar-refractivity contribution is -0.115. The minimum absolute atomic E-state index is 0.295. The van der Waals surface area contributed by atoms with Gasteiger partial charge in [0.2, 0.25) is 0 Å². The molecule has 0 amide bonds. The van der Waals surface area contributed by atoms with Crippen LogP contribution in [0.2, 0.25) is 0 Å². The first kappa shape index (κ1) is 8.68. The van der Waals surface area contributed by atoms with E-state index in [-0.39, 0.29) is 5.60 Å². The molecule has 3 nitrogen and oxygen atoms in total. The summed E-state index contributed by atoms with van der Waals surface area (Å²) in [6.45, 7) is 3.87. The van der Waals surface area contributed by atoms with E-state index in [0.29, 0.717) is 26.2 Å². The molecule has 1 rings (SSSR count). The smallest absolute Gasteiger partial charge is 0.122 e. The van der Waals surface area contributed by atoms with Crippen LogP contribution in [0.4, 0.5) is 0 Å². The molecule has 1 aliphatic rings. The van der Waals surface area contributed by atoms with Crippen molar-refractivity contribution in [1.82, 2.24) is 0 Å². The third-order valence-corrected chi connectivity index (χ3v) is 1.97. The second-order valence-electron chi connectivity index (χ2n) is 2.79. The van der Waals surface area contributed by atoms with Crippen molar-refractivity contribution in [2.24, 2.45) is 0 Å². The number of hydrogen-bond acceptors (Lipinski definition) is 3. The molecule has 1 saturated heterocycles. The Kier molecular flexibility index (Phi) is 3.02. The van der Waals surface area contributed by atoms with E-state index in [9.17, 15) is 4.79 Å². The lowest BCUT2D eigenvalue weighted by Crippen LogP contribution is -2.33. The summed E-state index contributed by atoms with van der Waals surface area (Å²) < 4.78 is 10.7. The van der Waals surface area contributed by atoms with Crippen LogP contribution in [0.5, 0.6) is 0 Å². The normalized spacial score (nSPS) is 30.6. The topological polar surface area (TPSA) is 35.5 Å².